The molecular weight excluding hydrogens is 350 g/mol. The summed E-state index contributed by atoms with van der Waals surface area (Å²) < 4.78 is 5.91. The molecule has 150 valence electrons. The summed E-state index contributed by atoms with van der Waals surface area (Å²) in [5, 5.41) is 6.93. The van der Waals surface area contributed by atoms with Crippen molar-refractivity contribution in [1.29, 1.82) is 0 Å². The van der Waals surface area contributed by atoms with Crippen LogP contribution in [0.3, 0.4) is 0 Å². The number of aromatic nitrogens is 1. The van der Waals surface area contributed by atoms with E-state index >= 15 is 0 Å². The zero-order valence-electron chi connectivity index (χ0n) is 16.8. The summed E-state index contributed by atoms with van der Waals surface area (Å²) in [6.07, 6.45) is 4.12. The largest absolute Gasteiger partial charge is 0.489 e. The fourth-order valence-corrected chi connectivity index (χ4v) is 3.36. The molecule has 1 saturated heterocycles. The average Bonchev–Trinajstić information content (AvgIpc) is 2.74. The van der Waals surface area contributed by atoms with Crippen LogP contribution in [0.4, 0.5) is 0 Å². The molecular formula is C22H31N5O. The summed E-state index contributed by atoms with van der Waals surface area (Å²) in [5.74, 6) is 1.73. The Morgan fingerprint density at radius 2 is 1.93 bits per heavy atom. The smallest absolute Gasteiger partial charge is 0.191 e. The summed E-state index contributed by atoms with van der Waals surface area (Å²) in [6.45, 7) is 5.82. The van der Waals surface area contributed by atoms with Gasteiger partial charge in [0.05, 0.1) is 12.2 Å². The minimum atomic E-state index is 0.0566. The van der Waals surface area contributed by atoms with E-state index in [0.717, 1.165) is 49.9 Å². The number of benzene rings is 1. The van der Waals surface area contributed by atoms with E-state index in [2.05, 4.69) is 44.6 Å². The predicted molar refractivity (Wildman–Crippen MR) is 114 cm³/mol. The first-order valence-corrected chi connectivity index (χ1v) is 10.0. The molecule has 1 atom stereocenters. The number of nitrogens with one attached hydrogen (secondary N) is 2. The maximum absolute atomic E-state index is 5.91. The van der Waals surface area contributed by atoms with E-state index in [1.807, 2.05) is 49.6 Å². The van der Waals surface area contributed by atoms with E-state index in [0.29, 0.717) is 12.6 Å². The number of guanidine groups is 1. The summed E-state index contributed by atoms with van der Waals surface area (Å²) in [6, 6.07) is 16.4. The molecule has 1 aromatic carbocycles. The number of aliphatic imine (C=N–C) groups is 1. The van der Waals surface area contributed by atoms with Crippen molar-refractivity contribution >= 4 is 5.96 Å². The van der Waals surface area contributed by atoms with E-state index in [1.165, 1.54) is 0 Å². The third-order valence-corrected chi connectivity index (χ3v) is 4.90. The first-order chi connectivity index (χ1) is 13.7. The SMILES string of the molecule is CN=C(NCC(C)Oc1ccccc1)NC1CCN(Cc2ccccn2)CC1. The standard InChI is InChI=1S/C22H31N5O/c1-18(28-21-9-4-3-5-10-21)16-25-22(23-2)26-19-11-14-27(15-12-19)17-20-8-6-7-13-24-20/h3-10,13,18-19H,11-12,14-17H2,1-2H3,(H2,23,25,26). The number of ether oxygens (including phenoxy) is 1. The highest BCUT2D eigenvalue weighted by Gasteiger charge is 2.20. The van der Waals surface area contributed by atoms with Crippen LogP contribution in [-0.2, 0) is 6.54 Å². The van der Waals surface area contributed by atoms with Crippen LogP contribution in [0.25, 0.3) is 0 Å². The molecule has 2 N–H and O–H groups in total. The molecule has 0 amide bonds. The molecule has 2 heterocycles. The summed E-state index contributed by atoms with van der Waals surface area (Å²) >= 11 is 0. The Balaban J connectivity index is 1.37. The number of pyridine rings is 1. The lowest BCUT2D eigenvalue weighted by molar-refractivity contribution is 0.195. The van der Waals surface area contributed by atoms with E-state index in [1.54, 1.807) is 0 Å². The fraction of sp³-hybridized carbons (Fsp3) is 0.455. The van der Waals surface area contributed by atoms with Crippen LogP contribution in [0.2, 0.25) is 0 Å². The third-order valence-electron chi connectivity index (χ3n) is 4.90. The van der Waals surface area contributed by atoms with E-state index < -0.39 is 0 Å². The van der Waals surface area contributed by atoms with Crippen LogP contribution in [0.5, 0.6) is 5.75 Å². The predicted octanol–water partition coefficient (Wildman–Crippen LogP) is 2.68. The number of rotatable bonds is 7. The van der Waals surface area contributed by atoms with Crippen molar-refractivity contribution in [3.63, 3.8) is 0 Å². The fourth-order valence-electron chi connectivity index (χ4n) is 3.36. The van der Waals surface area contributed by atoms with Gasteiger partial charge in [-0.1, -0.05) is 24.3 Å². The highest BCUT2D eigenvalue weighted by molar-refractivity contribution is 5.80. The van der Waals surface area contributed by atoms with Gasteiger partial charge >= 0.3 is 0 Å². The number of para-hydroxylation sites is 1. The first kappa shape index (κ1) is 20.1. The Kier molecular flexibility index (Phi) is 7.67. The van der Waals surface area contributed by atoms with Gasteiger partial charge in [0.25, 0.3) is 0 Å². The molecule has 0 aliphatic carbocycles. The second-order valence-electron chi connectivity index (χ2n) is 7.21. The molecule has 3 rings (SSSR count). The average molecular weight is 382 g/mol. The van der Waals surface area contributed by atoms with Crippen molar-refractivity contribution in [2.45, 2.75) is 38.5 Å². The molecule has 1 aromatic heterocycles. The molecule has 1 aliphatic rings. The first-order valence-electron chi connectivity index (χ1n) is 10.0. The Hall–Kier alpha value is -2.60. The van der Waals surface area contributed by atoms with Gasteiger partial charge in [0, 0.05) is 38.9 Å². The number of piperidine rings is 1. The van der Waals surface area contributed by atoms with Gasteiger partial charge in [0.2, 0.25) is 0 Å². The lowest BCUT2D eigenvalue weighted by atomic mass is 10.0. The second-order valence-corrected chi connectivity index (χ2v) is 7.21. The van der Waals surface area contributed by atoms with Gasteiger partial charge in [0.1, 0.15) is 11.9 Å². The number of hydrogen-bond donors (Lipinski definition) is 2. The zero-order chi connectivity index (χ0) is 19.6. The van der Waals surface area contributed by atoms with Gasteiger partial charge in [0.15, 0.2) is 5.96 Å². The molecule has 0 spiro atoms. The topological polar surface area (TPSA) is 61.8 Å². The van der Waals surface area contributed by atoms with Crippen LogP contribution in [-0.4, -0.2) is 54.7 Å². The molecule has 0 bridgehead atoms. The Labute approximate surface area is 168 Å². The van der Waals surface area contributed by atoms with Crippen LogP contribution in [0, 0.1) is 0 Å². The minimum absolute atomic E-state index is 0.0566. The summed E-state index contributed by atoms with van der Waals surface area (Å²) in [4.78, 5) is 11.3. The third kappa shape index (κ3) is 6.53. The van der Waals surface area contributed by atoms with Gasteiger partial charge in [-0.15, -0.1) is 0 Å². The van der Waals surface area contributed by atoms with Crippen molar-refractivity contribution in [3.8, 4) is 5.75 Å². The van der Waals surface area contributed by atoms with Gasteiger partial charge in [-0.25, -0.2) is 0 Å². The monoisotopic (exact) mass is 381 g/mol. The van der Waals surface area contributed by atoms with Crippen molar-refractivity contribution in [2.75, 3.05) is 26.7 Å². The van der Waals surface area contributed by atoms with Crippen LogP contribution in [0.1, 0.15) is 25.5 Å². The van der Waals surface area contributed by atoms with Crippen LogP contribution < -0.4 is 15.4 Å². The highest BCUT2D eigenvalue weighted by atomic mass is 16.5. The van der Waals surface area contributed by atoms with Gasteiger partial charge < -0.3 is 15.4 Å². The summed E-state index contributed by atoms with van der Waals surface area (Å²) in [5.41, 5.74) is 1.14. The molecule has 28 heavy (non-hydrogen) atoms. The lowest BCUT2D eigenvalue weighted by Gasteiger charge is -2.33. The van der Waals surface area contributed by atoms with Gasteiger partial charge in [-0.3, -0.25) is 14.9 Å². The lowest BCUT2D eigenvalue weighted by Crippen LogP contribution is -2.49. The summed E-state index contributed by atoms with van der Waals surface area (Å²) in [7, 11) is 1.81. The Bertz CT molecular complexity index is 714. The molecule has 1 aliphatic heterocycles. The maximum Gasteiger partial charge on any atom is 0.191 e. The van der Waals surface area contributed by atoms with Gasteiger partial charge in [-0.2, -0.15) is 0 Å². The van der Waals surface area contributed by atoms with Crippen molar-refractivity contribution in [2.24, 2.45) is 4.99 Å². The van der Waals surface area contributed by atoms with Crippen molar-refractivity contribution < 1.29 is 4.74 Å². The molecule has 1 fully saturated rings. The molecule has 0 saturated carbocycles. The number of nitrogens with zero attached hydrogens (tertiary/aromatic N) is 3. The van der Waals surface area contributed by atoms with Crippen LogP contribution in [0.15, 0.2) is 59.7 Å². The van der Waals surface area contributed by atoms with Gasteiger partial charge in [-0.05, 0) is 44.0 Å². The molecule has 6 nitrogen and oxygen atoms in total. The van der Waals surface area contributed by atoms with E-state index in [4.69, 9.17) is 4.74 Å². The van der Waals surface area contributed by atoms with Crippen LogP contribution >= 0.6 is 0 Å². The molecule has 6 heteroatoms. The molecule has 0 radical (unpaired) electrons. The van der Waals surface area contributed by atoms with E-state index in [9.17, 15) is 0 Å². The quantitative estimate of drug-likeness (QED) is 0.570. The Morgan fingerprint density at radius 1 is 1.18 bits per heavy atom. The van der Waals surface area contributed by atoms with Crippen molar-refractivity contribution in [1.82, 2.24) is 20.5 Å². The normalized spacial score (nSPS) is 17.1. The highest BCUT2D eigenvalue weighted by Crippen LogP contribution is 2.13. The maximum atomic E-state index is 5.91. The van der Waals surface area contributed by atoms with E-state index in [-0.39, 0.29) is 6.10 Å². The van der Waals surface area contributed by atoms with Crippen molar-refractivity contribution in [3.05, 3.63) is 60.4 Å². The number of likely N-dealkylation sites (tertiary alicyclic amines) is 1. The zero-order valence-corrected chi connectivity index (χ0v) is 16.8. The molecule has 2 aromatic rings. The molecule has 1 unspecified atom stereocenters. The Morgan fingerprint density at radius 3 is 2.61 bits per heavy atom. The second kappa shape index (κ2) is 10.7. The minimum Gasteiger partial charge on any atom is -0.489 e. The number of hydrogen-bond acceptors (Lipinski definition) is 4.